The predicted octanol–water partition coefficient (Wildman–Crippen LogP) is 3.82. The van der Waals surface area contributed by atoms with E-state index < -0.39 is 0 Å². The quantitative estimate of drug-likeness (QED) is 0.615. The lowest BCUT2D eigenvalue weighted by molar-refractivity contribution is -0.120. The number of halogens is 1. The number of hydrogen-bond donors (Lipinski definition) is 2. The number of hydrogen-bond acceptors (Lipinski definition) is 4. The maximum atomic E-state index is 12.3. The Kier molecular flexibility index (Phi) is 6.38. The fourth-order valence-corrected chi connectivity index (χ4v) is 3.52. The molecule has 0 unspecified atom stereocenters. The molecule has 3 aromatic carbocycles. The highest BCUT2D eigenvalue weighted by Gasteiger charge is 2.17. The third kappa shape index (κ3) is 5.16. The van der Waals surface area contributed by atoms with Crippen molar-refractivity contribution in [3.05, 3.63) is 82.9 Å². The van der Waals surface area contributed by atoms with E-state index in [0.29, 0.717) is 35.3 Å². The first-order valence-corrected chi connectivity index (χ1v) is 10.3. The van der Waals surface area contributed by atoms with E-state index >= 15 is 0 Å². The number of carbonyl (C=O) groups is 2. The van der Waals surface area contributed by atoms with Crippen molar-refractivity contribution < 1.29 is 19.1 Å². The van der Waals surface area contributed by atoms with Crippen molar-refractivity contribution in [2.45, 2.75) is 6.54 Å². The van der Waals surface area contributed by atoms with Gasteiger partial charge in [0.2, 0.25) is 5.91 Å². The molecule has 1 aliphatic rings. The van der Waals surface area contributed by atoms with Gasteiger partial charge in [-0.1, -0.05) is 54.1 Å². The van der Waals surface area contributed by atoms with E-state index in [4.69, 9.17) is 21.1 Å². The van der Waals surface area contributed by atoms with Crippen LogP contribution in [0.15, 0.2) is 66.7 Å². The molecule has 0 aromatic heterocycles. The van der Waals surface area contributed by atoms with Gasteiger partial charge in [-0.15, -0.1) is 0 Å². The Morgan fingerprint density at radius 3 is 2.35 bits per heavy atom. The van der Waals surface area contributed by atoms with Crippen LogP contribution in [0.25, 0.3) is 11.1 Å². The molecule has 6 nitrogen and oxygen atoms in total. The molecule has 3 aromatic rings. The van der Waals surface area contributed by atoms with Gasteiger partial charge in [-0.25, -0.2) is 0 Å². The van der Waals surface area contributed by atoms with Gasteiger partial charge < -0.3 is 20.1 Å². The minimum Gasteiger partial charge on any atom is -0.486 e. The molecular formula is C24H21ClN2O4. The molecular weight excluding hydrogens is 416 g/mol. The topological polar surface area (TPSA) is 76.7 Å². The second-order valence-electron chi connectivity index (χ2n) is 7.00. The van der Waals surface area contributed by atoms with Crippen LogP contribution in [0.5, 0.6) is 11.5 Å². The van der Waals surface area contributed by atoms with E-state index in [-0.39, 0.29) is 24.9 Å². The van der Waals surface area contributed by atoms with Crippen LogP contribution in [-0.2, 0) is 11.3 Å². The fraction of sp³-hybridized carbons (Fsp3) is 0.167. The highest BCUT2D eigenvalue weighted by Crippen LogP contribution is 2.38. The van der Waals surface area contributed by atoms with E-state index in [2.05, 4.69) is 10.6 Å². The maximum absolute atomic E-state index is 12.3. The first kappa shape index (κ1) is 20.8. The summed E-state index contributed by atoms with van der Waals surface area (Å²) in [4.78, 5) is 24.5. The van der Waals surface area contributed by atoms with Crippen LogP contribution >= 0.6 is 11.6 Å². The summed E-state index contributed by atoms with van der Waals surface area (Å²) in [5, 5.41) is 5.83. The third-order valence-electron chi connectivity index (χ3n) is 4.81. The van der Waals surface area contributed by atoms with Crippen molar-refractivity contribution in [2.24, 2.45) is 0 Å². The Hall–Kier alpha value is -3.51. The maximum Gasteiger partial charge on any atom is 0.251 e. The number of amides is 2. The van der Waals surface area contributed by atoms with Gasteiger partial charge in [0.15, 0.2) is 11.5 Å². The van der Waals surface area contributed by atoms with Crippen LogP contribution in [0.4, 0.5) is 0 Å². The second kappa shape index (κ2) is 9.53. The molecule has 0 radical (unpaired) electrons. The molecule has 158 valence electrons. The number of ether oxygens (including phenoxy) is 2. The van der Waals surface area contributed by atoms with Gasteiger partial charge >= 0.3 is 0 Å². The highest BCUT2D eigenvalue weighted by molar-refractivity contribution is 6.32. The van der Waals surface area contributed by atoms with Gasteiger partial charge in [-0.3, -0.25) is 9.59 Å². The Morgan fingerprint density at radius 2 is 1.58 bits per heavy atom. The molecule has 0 aliphatic carbocycles. The summed E-state index contributed by atoms with van der Waals surface area (Å²) in [7, 11) is 0. The molecule has 0 saturated heterocycles. The molecule has 2 N–H and O–H groups in total. The molecule has 0 fully saturated rings. The molecule has 4 rings (SSSR count). The number of rotatable bonds is 6. The Bertz CT molecular complexity index is 1080. The SMILES string of the molecule is O=C(CNC(=O)c1ccc(-c2ccccc2)cc1)NCc1cc(Cl)c2c(c1)OCCO2. The first-order valence-electron chi connectivity index (χ1n) is 9.88. The van der Waals surface area contributed by atoms with Gasteiger partial charge in [0.1, 0.15) is 13.2 Å². The Labute approximate surface area is 185 Å². The van der Waals surface area contributed by atoms with Gasteiger partial charge in [0, 0.05) is 12.1 Å². The van der Waals surface area contributed by atoms with Crippen LogP contribution < -0.4 is 20.1 Å². The zero-order valence-corrected chi connectivity index (χ0v) is 17.4. The van der Waals surface area contributed by atoms with Crippen molar-refractivity contribution in [1.29, 1.82) is 0 Å². The van der Waals surface area contributed by atoms with Crippen LogP contribution in [0.3, 0.4) is 0 Å². The summed E-state index contributed by atoms with van der Waals surface area (Å²) >= 11 is 6.21. The summed E-state index contributed by atoms with van der Waals surface area (Å²) in [6.45, 7) is 1.05. The average molecular weight is 437 g/mol. The molecule has 2 amide bonds. The molecule has 31 heavy (non-hydrogen) atoms. The Morgan fingerprint density at radius 1 is 0.871 bits per heavy atom. The lowest BCUT2D eigenvalue weighted by Gasteiger charge is -2.20. The summed E-state index contributed by atoms with van der Waals surface area (Å²) in [6, 6.07) is 20.7. The van der Waals surface area contributed by atoms with Crippen molar-refractivity contribution in [3.63, 3.8) is 0 Å². The summed E-state index contributed by atoms with van der Waals surface area (Å²) in [5.41, 5.74) is 3.37. The molecule has 0 atom stereocenters. The molecule has 0 saturated carbocycles. The number of benzene rings is 3. The molecule has 1 heterocycles. The van der Waals surface area contributed by atoms with Crippen molar-refractivity contribution >= 4 is 23.4 Å². The van der Waals surface area contributed by atoms with Crippen LogP contribution in [0.1, 0.15) is 15.9 Å². The zero-order chi connectivity index (χ0) is 21.6. The minimum atomic E-state index is -0.308. The van der Waals surface area contributed by atoms with E-state index in [0.717, 1.165) is 16.7 Å². The molecule has 7 heteroatoms. The largest absolute Gasteiger partial charge is 0.486 e. The summed E-state index contributed by atoms with van der Waals surface area (Å²) < 4.78 is 11.0. The molecule has 0 bridgehead atoms. The van der Waals surface area contributed by atoms with Crippen molar-refractivity contribution in [1.82, 2.24) is 10.6 Å². The third-order valence-corrected chi connectivity index (χ3v) is 5.09. The fourth-order valence-electron chi connectivity index (χ4n) is 3.24. The van der Waals surface area contributed by atoms with Gasteiger partial charge in [0.05, 0.1) is 11.6 Å². The van der Waals surface area contributed by atoms with Crippen LogP contribution in [-0.4, -0.2) is 31.6 Å². The molecule has 1 aliphatic heterocycles. The van der Waals surface area contributed by atoms with E-state index in [1.54, 1.807) is 24.3 Å². The smallest absolute Gasteiger partial charge is 0.251 e. The number of carbonyl (C=O) groups excluding carboxylic acids is 2. The second-order valence-corrected chi connectivity index (χ2v) is 7.41. The zero-order valence-electron chi connectivity index (χ0n) is 16.7. The lowest BCUT2D eigenvalue weighted by Crippen LogP contribution is -2.36. The highest BCUT2D eigenvalue weighted by atomic mass is 35.5. The van der Waals surface area contributed by atoms with E-state index in [1.807, 2.05) is 42.5 Å². The normalized spacial score (nSPS) is 12.2. The van der Waals surface area contributed by atoms with Crippen LogP contribution in [0.2, 0.25) is 5.02 Å². The van der Waals surface area contributed by atoms with Crippen molar-refractivity contribution in [3.8, 4) is 22.6 Å². The van der Waals surface area contributed by atoms with E-state index in [9.17, 15) is 9.59 Å². The number of nitrogens with one attached hydrogen (secondary N) is 2. The number of fused-ring (bicyclic) bond motifs is 1. The average Bonchev–Trinajstić information content (AvgIpc) is 2.82. The lowest BCUT2D eigenvalue weighted by atomic mass is 10.0. The predicted molar refractivity (Wildman–Crippen MR) is 118 cm³/mol. The standard InChI is InChI=1S/C24H21ClN2O4/c25-20-12-16(13-21-23(20)31-11-10-30-21)14-26-22(28)15-27-24(29)19-8-6-18(7-9-19)17-4-2-1-3-5-17/h1-9,12-13H,10-11,14-15H2,(H,26,28)(H,27,29). The Balaban J connectivity index is 1.28. The summed E-state index contributed by atoms with van der Waals surface area (Å²) in [6.07, 6.45) is 0. The first-order chi connectivity index (χ1) is 15.1. The van der Waals surface area contributed by atoms with Crippen LogP contribution in [0, 0.1) is 0 Å². The van der Waals surface area contributed by atoms with Gasteiger partial charge in [-0.05, 0) is 41.0 Å². The van der Waals surface area contributed by atoms with Gasteiger partial charge in [0.25, 0.3) is 5.91 Å². The van der Waals surface area contributed by atoms with E-state index in [1.165, 1.54) is 0 Å². The van der Waals surface area contributed by atoms with Gasteiger partial charge in [-0.2, -0.15) is 0 Å². The van der Waals surface area contributed by atoms with Crippen molar-refractivity contribution in [2.75, 3.05) is 19.8 Å². The molecule has 0 spiro atoms. The monoisotopic (exact) mass is 436 g/mol. The summed E-state index contributed by atoms with van der Waals surface area (Å²) in [5.74, 6) is 0.473. The minimum absolute atomic E-state index is 0.127.